The number of ketones is 1. The van der Waals surface area contributed by atoms with Gasteiger partial charge in [-0.25, -0.2) is 9.49 Å². The minimum absolute atomic E-state index is 0.163. The minimum atomic E-state index is -0.417. The number of aromatic nitrogens is 2. The average molecular weight is 378 g/mol. The number of rotatable bonds is 3. The molecule has 2 heterocycles. The Hall–Kier alpha value is -3.12. The van der Waals surface area contributed by atoms with Crippen LogP contribution in [0.5, 0.6) is 0 Å². The maximum Gasteiger partial charge on any atom is 0.273 e. The van der Waals surface area contributed by atoms with Crippen LogP contribution in [0.25, 0.3) is 21.2 Å². The van der Waals surface area contributed by atoms with Gasteiger partial charge in [0.25, 0.3) is 5.56 Å². The van der Waals surface area contributed by atoms with Crippen molar-refractivity contribution >= 4 is 27.2 Å². The number of halogens is 1. The summed E-state index contributed by atoms with van der Waals surface area (Å²) in [4.78, 5) is 25.3. The topological polar surface area (TPSA) is 62.8 Å². The van der Waals surface area contributed by atoms with Crippen LogP contribution < -0.4 is 5.56 Å². The van der Waals surface area contributed by atoms with Crippen molar-refractivity contribution in [3.05, 3.63) is 86.4 Å². The van der Waals surface area contributed by atoms with E-state index in [9.17, 15) is 14.0 Å². The highest BCUT2D eigenvalue weighted by atomic mass is 32.1. The average Bonchev–Trinajstić information content (AvgIpc) is 3.10. The molecule has 4 aromatic rings. The molecule has 0 fully saturated rings. The Balaban J connectivity index is 1.90. The van der Waals surface area contributed by atoms with E-state index in [1.807, 2.05) is 37.4 Å². The van der Waals surface area contributed by atoms with Gasteiger partial charge in [0.2, 0.25) is 5.78 Å². The van der Waals surface area contributed by atoms with Gasteiger partial charge in [-0.3, -0.25) is 9.59 Å². The fourth-order valence-electron chi connectivity index (χ4n) is 2.98. The first-order valence-corrected chi connectivity index (χ1v) is 9.21. The lowest BCUT2D eigenvalue weighted by Crippen LogP contribution is -2.14. The van der Waals surface area contributed by atoms with E-state index in [1.54, 1.807) is 0 Å². The molecule has 0 bridgehead atoms. The van der Waals surface area contributed by atoms with Crippen molar-refractivity contribution in [2.45, 2.75) is 13.8 Å². The van der Waals surface area contributed by atoms with Gasteiger partial charge in [0, 0.05) is 16.5 Å². The van der Waals surface area contributed by atoms with Gasteiger partial charge in [0.15, 0.2) is 0 Å². The molecule has 0 aliphatic rings. The van der Waals surface area contributed by atoms with E-state index in [0.29, 0.717) is 15.6 Å². The zero-order chi connectivity index (χ0) is 19.1. The summed E-state index contributed by atoms with van der Waals surface area (Å²) in [5.41, 5.74) is 4.13. The third-order valence-electron chi connectivity index (χ3n) is 4.64. The third kappa shape index (κ3) is 2.98. The Morgan fingerprint density at radius 1 is 1.07 bits per heavy atom. The molecular weight excluding hydrogens is 363 g/mol. The van der Waals surface area contributed by atoms with Crippen molar-refractivity contribution in [1.29, 1.82) is 0 Å². The number of aryl methyl sites for hydroxylation is 2. The lowest BCUT2D eigenvalue weighted by molar-refractivity contribution is 0.103. The zero-order valence-corrected chi connectivity index (χ0v) is 15.5. The van der Waals surface area contributed by atoms with Gasteiger partial charge in [-0.1, -0.05) is 18.2 Å². The van der Waals surface area contributed by atoms with Gasteiger partial charge in [-0.15, -0.1) is 11.3 Å². The summed E-state index contributed by atoms with van der Waals surface area (Å²) in [5.74, 6) is -0.774. The number of benzene rings is 2. The maximum absolute atomic E-state index is 13.1. The van der Waals surface area contributed by atoms with Gasteiger partial charge < -0.3 is 0 Å². The smallest absolute Gasteiger partial charge is 0.273 e. The second kappa shape index (κ2) is 6.55. The summed E-state index contributed by atoms with van der Waals surface area (Å²) in [5, 5.41) is 8.72. The summed E-state index contributed by atoms with van der Waals surface area (Å²) >= 11 is 1.31. The predicted molar refractivity (Wildman–Crippen MR) is 105 cm³/mol. The fourth-order valence-corrected chi connectivity index (χ4v) is 4.04. The molecular formula is C21H15FN2O2S. The van der Waals surface area contributed by atoms with Crippen LogP contribution in [-0.4, -0.2) is 16.0 Å². The van der Waals surface area contributed by atoms with Crippen LogP contribution in [0.3, 0.4) is 0 Å². The monoisotopic (exact) mass is 378 g/mol. The first-order valence-electron chi connectivity index (χ1n) is 8.33. The summed E-state index contributed by atoms with van der Waals surface area (Å²) in [7, 11) is 0. The van der Waals surface area contributed by atoms with Crippen LogP contribution in [0.1, 0.15) is 27.2 Å². The number of nitrogens with one attached hydrogen (secondary N) is 1. The normalized spacial score (nSPS) is 11.1. The predicted octanol–water partition coefficient (Wildman–Crippen LogP) is 4.64. The molecule has 0 unspecified atom stereocenters. The number of fused-ring (bicyclic) bond motifs is 1. The van der Waals surface area contributed by atoms with Crippen LogP contribution in [0.15, 0.2) is 52.6 Å². The molecule has 0 amide bonds. The highest BCUT2D eigenvalue weighted by Crippen LogP contribution is 2.34. The number of thiophene rings is 1. The first-order chi connectivity index (χ1) is 13.0. The van der Waals surface area contributed by atoms with Crippen molar-refractivity contribution in [3.8, 4) is 11.1 Å². The van der Waals surface area contributed by atoms with Crippen molar-refractivity contribution in [1.82, 2.24) is 10.2 Å². The van der Waals surface area contributed by atoms with Crippen molar-refractivity contribution < 1.29 is 9.18 Å². The van der Waals surface area contributed by atoms with Crippen molar-refractivity contribution in [3.63, 3.8) is 0 Å². The van der Waals surface area contributed by atoms with Crippen LogP contribution in [0.2, 0.25) is 0 Å². The van der Waals surface area contributed by atoms with Crippen molar-refractivity contribution in [2.75, 3.05) is 0 Å². The quantitative estimate of drug-likeness (QED) is 0.528. The zero-order valence-electron chi connectivity index (χ0n) is 14.7. The van der Waals surface area contributed by atoms with Gasteiger partial charge in [0.05, 0.1) is 10.1 Å². The summed E-state index contributed by atoms with van der Waals surface area (Å²) < 4.78 is 13.7. The molecule has 4 rings (SSSR count). The SMILES string of the molecule is Cc1ccc(-c2csc3c(C(=O)c4ccc(F)cc4)n[nH]c(=O)c23)cc1C. The number of nitrogens with zero attached hydrogens (tertiary/aromatic N) is 1. The van der Waals surface area contributed by atoms with Crippen LogP contribution in [0, 0.1) is 19.7 Å². The molecule has 134 valence electrons. The summed E-state index contributed by atoms with van der Waals surface area (Å²) in [6.45, 7) is 4.05. The molecule has 2 aromatic heterocycles. The number of hydrogen-bond donors (Lipinski definition) is 1. The molecule has 0 saturated heterocycles. The summed E-state index contributed by atoms with van der Waals surface area (Å²) in [6.07, 6.45) is 0. The van der Waals surface area contributed by atoms with E-state index in [0.717, 1.165) is 16.7 Å². The van der Waals surface area contributed by atoms with Gasteiger partial charge in [-0.05, 0) is 54.8 Å². The Bertz CT molecular complexity index is 1240. The number of carbonyl (C=O) groups is 1. The lowest BCUT2D eigenvalue weighted by Gasteiger charge is -2.05. The van der Waals surface area contributed by atoms with E-state index in [1.165, 1.54) is 41.2 Å². The van der Waals surface area contributed by atoms with Gasteiger partial charge >= 0.3 is 0 Å². The van der Waals surface area contributed by atoms with E-state index in [2.05, 4.69) is 10.2 Å². The molecule has 27 heavy (non-hydrogen) atoms. The maximum atomic E-state index is 13.1. The number of carbonyl (C=O) groups excluding carboxylic acids is 1. The molecule has 0 aliphatic carbocycles. The molecule has 0 saturated carbocycles. The first kappa shape index (κ1) is 17.3. The summed E-state index contributed by atoms with van der Waals surface area (Å²) in [6, 6.07) is 11.3. The number of hydrogen-bond acceptors (Lipinski definition) is 4. The van der Waals surface area contributed by atoms with Gasteiger partial charge in [0.1, 0.15) is 11.5 Å². The number of aromatic amines is 1. The van der Waals surface area contributed by atoms with E-state index >= 15 is 0 Å². The van der Waals surface area contributed by atoms with Gasteiger partial charge in [-0.2, -0.15) is 5.10 Å². The van der Waals surface area contributed by atoms with Crippen LogP contribution >= 0.6 is 11.3 Å². The molecule has 0 spiro atoms. The Morgan fingerprint density at radius 2 is 1.81 bits per heavy atom. The second-order valence-corrected chi connectivity index (χ2v) is 7.27. The molecule has 0 radical (unpaired) electrons. The van der Waals surface area contributed by atoms with E-state index < -0.39 is 5.82 Å². The van der Waals surface area contributed by atoms with Crippen molar-refractivity contribution in [2.24, 2.45) is 0 Å². The molecule has 1 N–H and O–H groups in total. The largest absolute Gasteiger partial charge is 0.287 e. The fraction of sp³-hybridized carbons (Fsp3) is 0.0952. The molecule has 4 nitrogen and oxygen atoms in total. The van der Waals surface area contributed by atoms with E-state index in [4.69, 9.17) is 0 Å². The Labute approximate surface area is 158 Å². The lowest BCUT2D eigenvalue weighted by atomic mass is 10.00. The highest BCUT2D eigenvalue weighted by molar-refractivity contribution is 7.18. The Morgan fingerprint density at radius 3 is 2.52 bits per heavy atom. The Kier molecular flexibility index (Phi) is 4.20. The second-order valence-electron chi connectivity index (χ2n) is 6.39. The highest BCUT2D eigenvalue weighted by Gasteiger charge is 2.20. The molecule has 2 aromatic carbocycles. The molecule has 0 atom stereocenters. The van der Waals surface area contributed by atoms with E-state index in [-0.39, 0.29) is 17.0 Å². The number of H-pyrrole nitrogens is 1. The third-order valence-corrected chi connectivity index (χ3v) is 5.63. The minimum Gasteiger partial charge on any atom is -0.287 e. The van der Waals surface area contributed by atoms with Crippen LogP contribution in [-0.2, 0) is 0 Å². The standard InChI is InChI=1S/C21H15FN2O2S/c1-11-3-4-14(9-12(11)2)16-10-27-20-17(16)21(26)24-23-18(20)19(25)13-5-7-15(22)8-6-13/h3-10H,1-2H3,(H,24,26). The molecule has 6 heteroatoms. The molecule has 0 aliphatic heterocycles. The van der Waals surface area contributed by atoms with Crippen LogP contribution in [0.4, 0.5) is 4.39 Å².